The molecule has 0 saturated carbocycles. The van der Waals surface area contributed by atoms with Gasteiger partial charge in [0.15, 0.2) is 11.5 Å². The Balaban J connectivity index is 1.25. The fourth-order valence-electron chi connectivity index (χ4n) is 3.99. The van der Waals surface area contributed by atoms with Crippen LogP contribution in [0.5, 0.6) is 0 Å². The lowest BCUT2D eigenvalue weighted by molar-refractivity contribution is -0.131. The molecule has 5 rings (SSSR count). The number of nitrogens with one attached hydrogen (secondary N) is 1. The van der Waals surface area contributed by atoms with Crippen molar-refractivity contribution in [3.63, 3.8) is 0 Å². The Bertz CT molecular complexity index is 1070. The number of aromatic nitrogens is 2. The van der Waals surface area contributed by atoms with Crippen LogP contribution in [-0.2, 0) is 11.2 Å². The highest BCUT2D eigenvalue weighted by molar-refractivity contribution is 5.88. The molecule has 1 saturated heterocycles. The molecule has 4 aromatic rings. The second-order valence-corrected chi connectivity index (χ2v) is 7.21. The zero-order valence-corrected chi connectivity index (χ0v) is 15.0. The number of para-hydroxylation sites is 3. The summed E-state index contributed by atoms with van der Waals surface area (Å²) in [7, 11) is 0. The van der Waals surface area contributed by atoms with Crippen LogP contribution in [0.4, 0.5) is 0 Å². The van der Waals surface area contributed by atoms with E-state index in [1.165, 1.54) is 0 Å². The van der Waals surface area contributed by atoms with Gasteiger partial charge in [0.1, 0.15) is 5.52 Å². The number of amides is 1. The zero-order valence-electron chi connectivity index (χ0n) is 15.0. The van der Waals surface area contributed by atoms with Gasteiger partial charge >= 0.3 is 0 Å². The minimum Gasteiger partial charge on any atom is -0.440 e. The van der Waals surface area contributed by atoms with Crippen molar-refractivity contribution < 1.29 is 9.21 Å². The SMILES string of the molecule is O=C(Cc1c[nH]c2ccccc12)N1CCC(c2nc3ccccc3o2)CC1. The van der Waals surface area contributed by atoms with Crippen molar-refractivity contribution in [3.8, 4) is 0 Å². The molecule has 0 unspecified atom stereocenters. The molecule has 1 fully saturated rings. The number of hydrogen-bond donors (Lipinski definition) is 1. The van der Waals surface area contributed by atoms with E-state index in [9.17, 15) is 4.79 Å². The maximum atomic E-state index is 12.8. The molecule has 136 valence electrons. The number of aromatic amines is 1. The number of likely N-dealkylation sites (tertiary alicyclic amines) is 1. The van der Waals surface area contributed by atoms with E-state index < -0.39 is 0 Å². The molecule has 0 bridgehead atoms. The van der Waals surface area contributed by atoms with Crippen LogP contribution in [0.25, 0.3) is 22.0 Å². The predicted octanol–water partition coefficient (Wildman–Crippen LogP) is 4.26. The Hall–Kier alpha value is -3.08. The molecular formula is C22H21N3O2. The number of hydrogen-bond acceptors (Lipinski definition) is 3. The van der Waals surface area contributed by atoms with E-state index in [2.05, 4.69) is 16.0 Å². The van der Waals surface area contributed by atoms with Gasteiger partial charge < -0.3 is 14.3 Å². The van der Waals surface area contributed by atoms with Crippen molar-refractivity contribution >= 4 is 27.9 Å². The average Bonchev–Trinajstić information content (AvgIpc) is 3.32. The van der Waals surface area contributed by atoms with Crippen molar-refractivity contribution in [2.24, 2.45) is 0 Å². The Morgan fingerprint density at radius 2 is 1.89 bits per heavy atom. The first-order valence-corrected chi connectivity index (χ1v) is 9.46. The van der Waals surface area contributed by atoms with Gasteiger partial charge in [-0.15, -0.1) is 0 Å². The number of piperidine rings is 1. The molecule has 3 heterocycles. The van der Waals surface area contributed by atoms with Crippen LogP contribution in [0.15, 0.2) is 59.1 Å². The van der Waals surface area contributed by atoms with Gasteiger partial charge in [-0.2, -0.15) is 0 Å². The van der Waals surface area contributed by atoms with Crippen LogP contribution in [0, 0.1) is 0 Å². The zero-order chi connectivity index (χ0) is 18.2. The molecule has 5 heteroatoms. The molecule has 0 spiro atoms. The summed E-state index contributed by atoms with van der Waals surface area (Å²) in [6.07, 6.45) is 4.18. The number of fused-ring (bicyclic) bond motifs is 2. The molecule has 2 aromatic heterocycles. The van der Waals surface area contributed by atoms with E-state index in [0.29, 0.717) is 6.42 Å². The molecule has 5 nitrogen and oxygen atoms in total. The summed E-state index contributed by atoms with van der Waals surface area (Å²) < 4.78 is 5.92. The Kier molecular flexibility index (Phi) is 3.93. The summed E-state index contributed by atoms with van der Waals surface area (Å²) >= 11 is 0. The third kappa shape index (κ3) is 2.99. The molecule has 0 aliphatic carbocycles. The number of benzene rings is 2. The van der Waals surface area contributed by atoms with E-state index in [4.69, 9.17) is 4.42 Å². The molecule has 2 aromatic carbocycles. The van der Waals surface area contributed by atoms with Crippen molar-refractivity contribution in [1.29, 1.82) is 0 Å². The highest BCUT2D eigenvalue weighted by atomic mass is 16.3. The summed E-state index contributed by atoms with van der Waals surface area (Å²) in [6.45, 7) is 1.51. The molecule has 1 N–H and O–H groups in total. The quantitative estimate of drug-likeness (QED) is 0.594. The number of H-pyrrole nitrogens is 1. The van der Waals surface area contributed by atoms with Crippen molar-refractivity contribution in [3.05, 3.63) is 66.2 Å². The van der Waals surface area contributed by atoms with Crippen molar-refractivity contribution in [1.82, 2.24) is 14.9 Å². The van der Waals surface area contributed by atoms with E-state index in [1.54, 1.807) is 0 Å². The van der Waals surface area contributed by atoms with Gasteiger partial charge in [-0.3, -0.25) is 4.79 Å². The first-order valence-electron chi connectivity index (χ1n) is 9.46. The summed E-state index contributed by atoms with van der Waals surface area (Å²) in [6, 6.07) is 16.0. The van der Waals surface area contributed by atoms with Gasteiger partial charge in [0, 0.05) is 36.1 Å². The summed E-state index contributed by atoms with van der Waals surface area (Å²) in [4.78, 5) is 22.6. The molecule has 1 amide bonds. The molecule has 0 radical (unpaired) electrons. The fourth-order valence-corrected chi connectivity index (χ4v) is 3.99. The average molecular weight is 359 g/mol. The van der Waals surface area contributed by atoms with Crippen LogP contribution in [0.2, 0.25) is 0 Å². The highest BCUT2D eigenvalue weighted by Crippen LogP contribution is 2.30. The van der Waals surface area contributed by atoms with Crippen LogP contribution in [0.3, 0.4) is 0 Å². The summed E-state index contributed by atoms with van der Waals surface area (Å²) in [5.41, 5.74) is 3.89. The topological polar surface area (TPSA) is 62.1 Å². The van der Waals surface area contributed by atoms with Crippen molar-refractivity contribution in [2.45, 2.75) is 25.2 Å². The van der Waals surface area contributed by atoms with Gasteiger partial charge in [-0.25, -0.2) is 4.98 Å². The second-order valence-electron chi connectivity index (χ2n) is 7.21. The highest BCUT2D eigenvalue weighted by Gasteiger charge is 2.27. The minimum absolute atomic E-state index is 0.191. The number of carbonyl (C=O) groups is 1. The molecule has 0 atom stereocenters. The Morgan fingerprint density at radius 1 is 1.11 bits per heavy atom. The minimum atomic E-state index is 0.191. The second kappa shape index (κ2) is 6.58. The van der Waals surface area contributed by atoms with Gasteiger partial charge in [0.25, 0.3) is 0 Å². The molecule has 1 aliphatic rings. The van der Waals surface area contributed by atoms with Gasteiger partial charge in [-0.1, -0.05) is 30.3 Å². The fraction of sp³-hybridized carbons (Fsp3) is 0.273. The van der Waals surface area contributed by atoms with E-state index in [-0.39, 0.29) is 11.8 Å². The maximum absolute atomic E-state index is 12.8. The smallest absolute Gasteiger partial charge is 0.227 e. The van der Waals surface area contributed by atoms with Crippen LogP contribution >= 0.6 is 0 Å². The lowest BCUT2D eigenvalue weighted by Gasteiger charge is -2.30. The third-order valence-electron chi connectivity index (χ3n) is 5.52. The molecular weight excluding hydrogens is 338 g/mol. The summed E-state index contributed by atoms with van der Waals surface area (Å²) in [5.74, 6) is 1.28. The van der Waals surface area contributed by atoms with E-state index >= 15 is 0 Å². The normalized spacial score (nSPS) is 15.6. The van der Waals surface area contributed by atoms with Crippen LogP contribution in [-0.4, -0.2) is 33.9 Å². The van der Waals surface area contributed by atoms with E-state index in [1.807, 2.05) is 53.6 Å². The lowest BCUT2D eigenvalue weighted by Crippen LogP contribution is -2.38. The largest absolute Gasteiger partial charge is 0.440 e. The number of oxazole rings is 1. The summed E-state index contributed by atoms with van der Waals surface area (Å²) in [5, 5.41) is 1.13. The Labute approximate surface area is 157 Å². The maximum Gasteiger partial charge on any atom is 0.227 e. The number of carbonyl (C=O) groups excluding carboxylic acids is 1. The van der Waals surface area contributed by atoms with Crippen molar-refractivity contribution in [2.75, 3.05) is 13.1 Å². The first-order chi connectivity index (χ1) is 13.3. The molecule has 1 aliphatic heterocycles. The monoisotopic (exact) mass is 359 g/mol. The Morgan fingerprint density at radius 3 is 2.74 bits per heavy atom. The van der Waals surface area contributed by atoms with Crippen LogP contribution < -0.4 is 0 Å². The third-order valence-corrected chi connectivity index (χ3v) is 5.52. The standard InChI is InChI=1S/C22H21N3O2/c26-21(13-16-14-23-18-6-2-1-5-17(16)18)25-11-9-15(10-12-25)22-24-19-7-3-4-8-20(19)27-22/h1-8,14-15,23H,9-13H2. The van der Waals surface area contributed by atoms with Gasteiger partial charge in [0.2, 0.25) is 5.91 Å². The predicted molar refractivity (Wildman–Crippen MR) is 105 cm³/mol. The number of rotatable bonds is 3. The van der Waals surface area contributed by atoms with Gasteiger partial charge in [0.05, 0.1) is 6.42 Å². The lowest BCUT2D eigenvalue weighted by atomic mass is 9.96. The molecule has 27 heavy (non-hydrogen) atoms. The first kappa shape index (κ1) is 16.1. The number of nitrogens with zero attached hydrogens (tertiary/aromatic N) is 2. The van der Waals surface area contributed by atoms with E-state index in [0.717, 1.165) is 59.4 Å². The van der Waals surface area contributed by atoms with Crippen LogP contribution in [0.1, 0.15) is 30.2 Å². The van der Waals surface area contributed by atoms with Gasteiger partial charge in [-0.05, 0) is 36.6 Å².